The summed E-state index contributed by atoms with van der Waals surface area (Å²) in [7, 11) is 0. The number of nitrogens with one attached hydrogen (secondary N) is 1. The van der Waals surface area contributed by atoms with Crippen molar-refractivity contribution in [2.45, 2.75) is 58.0 Å². The van der Waals surface area contributed by atoms with Gasteiger partial charge >= 0.3 is 0 Å². The molecule has 3 heteroatoms. The van der Waals surface area contributed by atoms with E-state index in [9.17, 15) is 0 Å². The largest absolute Gasteiger partial charge is 0.310 e. The zero-order chi connectivity index (χ0) is 15.0. The zero-order valence-electron chi connectivity index (χ0n) is 13.1. The van der Waals surface area contributed by atoms with Gasteiger partial charge in [0.05, 0.1) is 11.5 Å². The van der Waals surface area contributed by atoms with E-state index >= 15 is 0 Å². The summed E-state index contributed by atoms with van der Waals surface area (Å²) in [5, 5.41) is 12.4. The quantitative estimate of drug-likeness (QED) is 0.561. The van der Waals surface area contributed by atoms with Gasteiger partial charge in [-0.05, 0) is 50.1 Å². The number of rotatable bonds is 8. The van der Waals surface area contributed by atoms with Crippen LogP contribution in [0.5, 0.6) is 0 Å². The molecule has 0 radical (unpaired) electrons. The van der Waals surface area contributed by atoms with Crippen LogP contribution in [0.4, 0.5) is 0 Å². The maximum atomic E-state index is 8.97. The van der Waals surface area contributed by atoms with Crippen molar-refractivity contribution in [3.05, 3.63) is 29.8 Å². The van der Waals surface area contributed by atoms with Crippen LogP contribution in [0.2, 0.25) is 0 Å². The zero-order valence-corrected chi connectivity index (χ0v) is 13.9. The molecule has 0 saturated heterocycles. The molecular formula is C17H26N2S. The second kappa shape index (κ2) is 8.34. The number of benzene rings is 1. The molecule has 0 aromatic heterocycles. The third kappa shape index (κ3) is 6.98. The van der Waals surface area contributed by atoms with Crippen LogP contribution in [0.25, 0.3) is 0 Å². The Labute approximate surface area is 128 Å². The number of nitrogens with zero attached hydrogens (tertiary/aromatic N) is 1. The minimum Gasteiger partial charge on any atom is -0.310 e. The van der Waals surface area contributed by atoms with Crippen molar-refractivity contribution in [3.63, 3.8) is 0 Å². The molecule has 1 aromatic rings. The molecule has 0 unspecified atom stereocenters. The highest BCUT2D eigenvalue weighted by Gasteiger charge is 2.15. The highest BCUT2D eigenvalue weighted by Crippen LogP contribution is 2.25. The highest BCUT2D eigenvalue weighted by atomic mass is 32.2. The van der Waals surface area contributed by atoms with Crippen molar-refractivity contribution in [2.75, 3.05) is 5.75 Å². The van der Waals surface area contributed by atoms with E-state index in [1.165, 1.54) is 10.5 Å². The highest BCUT2D eigenvalue weighted by molar-refractivity contribution is 7.99. The first-order valence-corrected chi connectivity index (χ1v) is 8.28. The lowest BCUT2D eigenvalue weighted by Crippen LogP contribution is -2.21. The predicted octanol–water partition coefficient (Wildman–Crippen LogP) is 4.61. The van der Waals surface area contributed by atoms with Crippen LogP contribution in [0.15, 0.2) is 29.2 Å². The lowest BCUT2D eigenvalue weighted by Gasteiger charge is -2.14. The van der Waals surface area contributed by atoms with Gasteiger partial charge in [0.25, 0.3) is 0 Å². The van der Waals surface area contributed by atoms with Gasteiger partial charge in [-0.15, -0.1) is 11.8 Å². The molecule has 110 valence electrons. The van der Waals surface area contributed by atoms with Gasteiger partial charge in [0, 0.05) is 17.5 Å². The van der Waals surface area contributed by atoms with E-state index in [1.54, 1.807) is 0 Å². The van der Waals surface area contributed by atoms with E-state index in [4.69, 9.17) is 5.26 Å². The maximum Gasteiger partial charge on any atom is 0.0683 e. The Morgan fingerprint density at radius 2 is 1.90 bits per heavy atom. The molecular weight excluding hydrogens is 264 g/mol. The minimum absolute atomic E-state index is 0.188. The molecule has 0 amide bonds. The van der Waals surface area contributed by atoms with Crippen LogP contribution in [0.1, 0.15) is 46.1 Å². The van der Waals surface area contributed by atoms with E-state index in [1.807, 2.05) is 25.6 Å². The normalized spacial score (nSPS) is 11.6. The molecule has 1 N–H and O–H groups in total. The number of hydrogen-bond acceptors (Lipinski definition) is 3. The van der Waals surface area contributed by atoms with Gasteiger partial charge in [-0.2, -0.15) is 5.26 Å². The van der Waals surface area contributed by atoms with Crippen molar-refractivity contribution in [1.82, 2.24) is 5.32 Å². The van der Waals surface area contributed by atoms with Gasteiger partial charge in [-0.3, -0.25) is 0 Å². The van der Waals surface area contributed by atoms with Gasteiger partial charge in [0.15, 0.2) is 0 Å². The lowest BCUT2D eigenvalue weighted by atomic mass is 9.90. The van der Waals surface area contributed by atoms with Crippen LogP contribution in [0, 0.1) is 16.7 Å². The predicted molar refractivity (Wildman–Crippen MR) is 87.8 cm³/mol. The molecule has 0 saturated carbocycles. The minimum atomic E-state index is -0.188. The van der Waals surface area contributed by atoms with Crippen molar-refractivity contribution in [1.29, 1.82) is 5.26 Å². The molecule has 0 aliphatic carbocycles. The topological polar surface area (TPSA) is 35.8 Å². The fraction of sp³-hybridized carbons (Fsp3) is 0.588. The first kappa shape index (κ1) is 17.1. The fourth-order valence-corrected chi connectivity index (χ4v) is 2.64. The first-order valence-electron chi connectivity index (χ1n) is 7.29. The molecule has 0 aliphatic rings. The summed E-state index contributed by atoms with van der Waals surface area (Å²) >= 11 is 1.87. The Bertz CT molecular complexity index is 429. The second-order valence-electron chi connectivity index (χ2n) is 6.13. The standard InChI is InChI=1S/C17H26N2S/c1-14(2)19-12-15-6-8-16(9-7-15)20-11-5-10-17(3,4)13-18/h6-9,14,19H,5,10-12H2,1-4H3. The lowest BCUT2D eigenvalue weighted by molar-refractivity contribution is 0.448. The third-order valence-corrected chi connectivity index (χ3v) is 4.25. The maximum absolute atomic E-state index is 8.97. The molecule has 1 aromatic carbocycles. The smallest absolute Gasteiger partial charge is 0.0683 e. The van der Waals surface area contributed by atoms with Gasteiger partial charge in [0.1, 0.15) is 0 Å². The Balaban J connectivity index is 2.30. The summed E-state index contributed by atoms with van der Waals surface area (Å²) in [6.45, 7) is 9.27. The SMILES string of the molecule is CC(C)NCc1ccc(SCCCC(C)(C)C#N)cc1. The Morgan fingerprint density at radius 3 is 2.45 bits per heavy atom. The van der Waals surface area contributed by atoms with Gasteiger partial charge < -0.3 is 5.32 Å². The molecule has 0 fully saturated rings. The summed E-state index contributed by atoms with van der Waals surface area (Å²) < 4.78 is 0. The number of nitriles is 1. The van der Waals surface area contributed by atoms with Crippen molar-refractivity contribution in [3.8, 4) is 6.07 Å². The van der Waals surface area contributed by atoms with Crippen molar-refractivity contribution >= 4 is 11.8 Å². The van der Waals surface area contributed by atoms with Gasteiger partial charge in [-0.25, -0.2) is 0 Å². The van der Waals surface area contributed by atoms with Crippen LogP contribution >= 0.6 is 11.8 Å². The summed E-state index contributed by atoms with van der Waals surface area (Å²) in [5.41, 5.74) is 1.14. The monoisotopic (exact) mass is 290 g/mol. The molecule has 0 heterocycles. The first-order chi connectivity index (χ1) is 9.43. The van der Waals surface area contributed by atoms with E-state index < -0.39 is 0 Å². The second-order valence-corrected chi connectivity index (χ2v) is 7.30. The van der Waals surface area contributed by atoms with E-state index in [0.717, 1.165) is 25.1 Å². The van der Waals surface area contributed by atoms with Gasteiger partial charge in [-0.1, -0.05) is 26.0 Å². The molecule has 1 rings (SSSR count). The van der Waals surface area contributed by atoms with Crippen LogP contribution < -0.4 is 5.32 Å². The van der Waals surface area contributed by atoms with Crippen LogP contribution in [-0.2, 0) is 6.54 Å². The Hall–Kier alpha value is -0.980. The van der Waals surface area contributed by atoms with E-state index in [0.29, 0.717) is 6.04 Å². The summed E-state index contributed by atoms with van der Waals surface area (Å²) in [4.78, 5) is 1.31. The third-order valence-electron chi connectivity index (χ3n) is 3.16. The molecule has 0 bridgehead atoms. The average molecular weight is 290 g/mol. The summed E-state index contributed by atoms with van der Waals surface area (Å²) in [6, 6.07) is 11.6. The van der Waals surface area contributed by atoms with E-state index in [-0.39, 0.29) is 5.41 Å². The number of thioether (sulfide) groups is 1. The molecule has 0 spiro atoms. The van der Waals surface area contributed by atoms with Crippen molar-refractivity contribution < 1.29 is 0 Å². The molecule has 0 atom stereocenters. The summed E-state index contributed by atoms with van der Waals surface area (Å²) in [5.74, 6) is 1.08. The van der Waals surface area contributed by atoms with Gasteiger partial charge in [0.2, 0.25) is 0 Å². The van der Waals surface area contributed by atoms with E-state index in [2.05, 4.69) is 49.5 Å². The summed E-state index contributed by atoms with van der Waals surface area (Å²) in [6.07, 6.45) is 2.05. The van der Waals surface area contributed by atoms with Crippen molar-refractivity contribution in [2.24, 2.45) is 5.41 Å². The van der Waals surface area contributed by atoms with Crippen LogP contribution in [0.3, 0.4) is 0 Å². The average Bonchev–Trinajstić information content (AvgIpc) is 2.42. The Morgan fingerprint density at radius 1 is 1.25 bits per heavy atom. The van der Waals surface area contributed by atoms with Crippen LogP contribution in [-0.4, -0.2) is 11.8 Å². The number of hydrogen-bond donors (Lipinski definition) is 1. The fourth-order valence-electron chi connectivity index (χ4n) is 1.79. The molecule has 2 nitrogen and oxygen atoms in total. The molecule has 0 aliphatic heterocycles. The molecule has 20 heavy (non-hydrogen) atoms. The Kier molecular flexibility index (Phi) is 7.12.